The summed E-state index contributed by atoms with van der Waals surface area (Å²) in [4.78, 5) is 2.54. The highest BCUT2D eigenvalue weighted by Crippen LogP contribution is 2.25. The number of nitrogens with zero attached hydrogens (tertiary/aromatic N) is 1. The van der Waals surface area contributed by atoms with Gasteiger partial charge >= 0.3 is 0 Å². The molecule has 0 aliphatic carbocycles. The van der Waals surface area contributed by atoms with Crippen molar-refractivity contribution in [3.63, 3.8) is 0 Å². The molecular weight excluding hydrogens is 324 g/mol. The topological polar surface area (TPSA) is 27.3 Å². The SMILES string of the molecule is Cl.Cl.Fc1cccc(C2CNCCN2CC2CCNCC2)c1. The fraction of sp³-hybridized carbons (Fsp3) is 0.625. The lowest BCUT2D eigenvalue weighted by Gasteiger charge is -2.39. The van der Waals surface area contributed by atoms with Crippen molar-refractivity contribution in [3.8, 4) is 0 Å². The molecule has 126 valence electrons. The Kier molecular flexibility index (Phi) is 8.65. The Balaban J connectivity index is 0.00000121. The van der Waals surface area contributed by atoms with E-state index in [0.717, 1.165) is 50.7 Å². The summed E-state index contributed by atoms with van der Waals surface area (Å²) in [5.74, 6) is 0.653. The predicted molar refractivity (Wildman–Crippen MR) is 93.7 cm³/mol. The van der Waals surface area contributed by atoms with E-state index in [1.807, 2.05) is 6.07 Å². The third-order valence-corrected chi connectivity index (χ3v) is 4.54. The lowest BCUT2D eigenvalue weighted by Crippen LogP contribution is -2.48. The van der Waals surface area contributed by atoms with Crippen LogP contribution in [-0.2, 0) is 0 Å². The first kappa shape index (κ1) is 19.7. The molecule has 0 bridgehead atoms. The van der Waals surface area contributed by atoms with E-state index in [4.69, 9.17) is 0 Å². The van der Waals surface area contributed by atoms with Crippen molar-refractivity contribution in [1.29, 1.82) is 0 Å². The van der Waals surface area contributed by atoms with Crippen LogP contribution in [0.1, 0.15) is 24.4 Å². The van der Waals surface area contributed by atoms with Crippen LogP contribution in [0, 0.1) is 11.7 Å². The maximum atomic E-state index is 13.5. The van der Waals surface area contributed by atoms with E-state index in [2.05, 4.69) is 21.6 Å². The van der Waals surface area contributed by atoms with Crippen molar-refractivity contribution in [2.24, 2.45) is 5.92 Å². The number of benzene rings is 1. The van der Waals surface area contributed by atoms with Gasteiger partial charge in [0.15, 0.2) is 0 Å². The van der Waals surface area contributed by atoms with Gasteiger partial charge < -0.3 is 10.6 Å². The van der Waals surface area contributed by atoms with E-state index in [1.165, 1.54) is 18.9 Å². The molecule has 2 saturated heterocycles. The van der Waals surface area contributed by atoms with Gasteiger partial charge in [0.1, 0.15) is 5.82 Å². The Morgan fingerprint density at radius 1 is 1.09 bits per heavy atom. The van der Waals surface area contributed by atoms with E-state index < -0.39 is 0 Å². The van der Waals surface area contributed by atoms with Crippen LogP contribution >= 0.6 is 24.8 Å². The monoisotopic (exact) mass is 349 g/mol. The molecular formula is C16H26Cl2FN3. The largest absolute Gasteiger partial charge is 0.317 e. The fourth-order valence-electron chi connectivity index (χ4n) is 3.40. The molecule has 6 heteroatoms. The molecule has 0 spiro atoms. The Labute approximate surface area is 144 Å². The van der Waals surface area contributed by atoms with Crippen molar-refractivity contribution in [1.82, 2.24) is 15.5 Å². The Hall–Kier alpha value is -0.390. The lowest BCUT2D eigenvalue weighted by molar-refractivity contribution is 0.126. The number of hydrogen-bond donors (Lipinski definition) is 2. The second kappa shape index (κ2) is 9.68. The summed E-state index contributed by atoms with van der Waals surface area (Å²) in [6, 6.07) is 7.40. The Morgan fingerprint density at radius 3 is 2.59 bits per heavy atom. The van der Waals surface area contributed by atoms with Crippen LogP contribution in [-0.4, -0.2) is 44.2 Å². The molecule has 1 aromatic carbocycles. The molecule has 3 nitrogen and oxygen atoms in total. The van der Waals surface area contributed by atoms with Crippen LogP contribution in [0.2, 0.25) is 0 Å². The quantitative estimate of drug-likeness (QED) is 0.878. The zero-order valence-corrected chi connectivity index (χ0v) is 14.4. The number of hydrogen-bond acceptors (Lipinski definition) is 3. The number of piperidine rings is 1. The van der Waals surface area contributed by atoms with Crippen LogP contribution in [0.3, 0.4) is 0 Å². The van der Waals surface area contributed by atoms with Crippen LogP contribution in [0.25, 0.3) is 0 Å². The van der Waals surface area contributed by atoms with Crippen molar-refractivity contribution in [2.75, 3.05) is 39.3 Å². The summed E-state index contributed by atoms with van der Waals surface area (Å²) >= 11 is 0. The van der Waals surface area contributed by atoms with E-state index >= 15 is 0 Å². The first-order valence-electron chi connectivity index (χ1n) is 7.74. The molecule has 2 aliphatic heterocycles. The summed E-state index contributed by atoms with van der Waals surface area (Å²) in [6.07, 6.45) is 2.53. The minimum Gasteiger partial charge on any atom is -0.317 e. The smallest absolute Gasteiger partial charge is 0.123 e. The molecule has 3 rings (SSSR count). The second-order valence-corrected chi connectivity index (χ2v) is 5.96. The molecule has 2 aliphatic rings. The highest BCUT2D eigenvalue weighted by molar-refractivity contribution is 5.85. The van der Waals surface area contributed by atoms with Gasteiger partial charge in [0.05, 0.1) is 0 Å². The number of piperazine rings is 1. The summed E-state index contributed by atoms with van der Waals surface area (Å²) in [6.45, 7) is 6.45. The average molecular weight is 350 g/mol. The van der Waals surface area contributed by atoms with Crippen LogP contribution in [0.4, 0.5) is 4.39 Å². The molecule has 2 heterocycles. The fourth-order valence-corrected chi connectivity index (χ4v) is 3.40. The van der Waals surface area contributed by atoms with Crippen LogP contribution in [0.5, 0.6) is 0 Å². The van der Waals surface area contributed by atoms with Crippen LogP contribution < -0.4 is 10.6 Å². The maximum absolute atomic E-state index is 13.5. The highest BCUT2D eigenvalue weighted by atomic mass is 35.5. The molecule has 1 atom stereocenters. The Morgan fingerprint density at radius 2 is 1.86 bits per heavy atom. The van der Waals surface area contributed by atoms with Gasteiger partial charge in [0, 0.05) is 32.2 Å². The molecule has 1 aromatic rings. The third-order valence-electron chi connectivity index (χ3n) is 4.54. The molecule has 0 saturated carbocycles. The number of nitrogens with one attached hydrogen (secondary N) is 2. The van der Waals surface area contributed by atoms with Gasteiger partial charge in [-0.3, -0.25) is 4.90 Å². The van der Waals surface area contributed by atoms with Crippen molar-refractivity contribution in [3.05, 3.63) is 35.6 Å². The lowest BCUT2D eigenvalue weighted by atomic mass is 9.95. The van der Waals surface area contributed by atoms with Crippen molar-refractivity contribution >= 4 is 24.8 Å². The van der Waals surface area contributed by atoms with E-state index in [9.17, 15) is 4.39 Å². The summed E-state index contributed by atoms with van der Waals surface area (Å²) in [7, 11) is 0. The zero-order chi connectivity index (χ0) is 13.8. The first-order chi connectivity index (χ1) is 9.83. The molecule has 22 heavy (non-hydrogen) atoms. The van der Waals surface area contributed by atoms with Gasteiger partial charge in [0.2, 0.25) is 0 Å². The van der Waals surface area contributed by atoms with Gasteiger partial charge in [-0.15, -0.1) is 24.8 Å². The van der Waals surface area contributed by atoms with Gasteiger partial charge in [-0.05, 0) is 49.5 Å². The predicted octanol–water partition coefficient (Wildman–Crippen LogP) is 2.62. The maximum Gasteiger partial charge on any atom is 0.123 e. The van der Waals surface area contributed by atoms with E-state index in [-0.39, 0.29) is 30.6 Å². The minimum absolute atomic E-state index is 0. The molecule has 1 unspecified atom stereocenters. The standard InChI is InChI=1S/C16H24FN3.2ClH/c17-15-3-1-2-14(10-15)16-11-19-8-9-20(16)12-13-4-6-18-7-5-13;;/h1-3,10,13,16,18-19H,4-9,11-12H2;2*1H. The van der Waals surface area contributed by atoms with Crippen molar-refractivity contribution < 1.29 is 4.39 Å². The normalized spacial score (nSPS) is 23.4. The zero-order valence-electron chi connectivity index (χ0n) is 12.8. The van der Waals surface area contributed by atoms with Gasteiger partial charge in [-0.2, -0.15) is 0 Å². The molecule has 0 aromatic heterocycles. The summed E-state index contributed by atoms with van der Waals surface area (Å²) < 4.78 is 13.5. The third kappa shape index (κ3) is 5.07. The second-order valence-electron chi connectivity index (χ2n) is 5.96. The van der Waals surface area contributed by atoms with E-state index in [1.54, 1.807) is 6.07 Å². The van der Waals surface area contributed by atoms with Gasteiger partial charge in [-0.25, -0.2) is 4.39 Å². The summed E-state index contributed by atoms with van der Waals surface area (Å²) in [5.41, 5.74) is 1.10. The van der Waals surface area contributed by atoms with Gasteiger partial charge in [-0.1, -0.05) is 12.1 Å². The van der Waals surface area contributed by atoms with Crippen molar-refractivity contribution in [2.45, 2.75) is 18.9 Å². The molecule has 0 amide bonds. The number of rotatable bonds is 3. The van der Waals surface area contributed by atoms with E-state index in [0.29, 0.717) is 6.04 Å². The van der Waals surface area contributed by atoms with Gasteiger partial charge in [0.25, 0.3) is 0 Å². The summed E-state index contributed by atoms with van der Waals surface area (Å²) in [5, 5.41) is 6.87. The molecule has 0 radical (unpaired) electrons. The average Bonchev–Trinajstić information content (AvgIpc) is 2.49. The van der Waals surface area contributed by atoms with Crippen LogP contribution in [0.15, 0.2) is 24.3 Å². The Bertz CT molecular complexity index is 441. The number of halogens is 3. The first-order valence-corrected chi connectivity index (χ1v) is 7.74. The minimum atomic E-state index is -0.130. The highest BCUT2D eigenvalue weighted by Gasteiger charge is 2.26. The molecule has 2 N–H and O–H groups in total. The molecule has 2 fully saturated rings.